The minimum absolute atomic E-state index is 0.0818. The van der Waals surface area contributed by atoms with E-state index in [-0.39, 0.29) is 18.3 Å². The molecule has 2 aromatic rings. The Morgan fingerprint density at radius 1 is 1.09 bits per heavy atom. The first kappa shape index (κ1) is 17.0. The van der Waals surface area contributed by atoms with Crippen LogP contribution >= 0.6 is 0 Å². The molecule has 7 heteroatoms. The van der Waals surface area contributed by atoms with Crippen molar-refractivity contribution in [2.75, 3.05) is 17.6 Å². The number of benzene rings is 2. The van der Waals surface area contributed by atoms with E-state index in [2.05, 4.69) is 5.32 Å². The van der Waals surface area contributed by atoms with Gasteiger partial charge < -0.3 is 5.32 Å². The van der Waals surface area contributed by atoms with E-state index in [4.69, 9.17) is 0 Å². The monoisotopic (exact) mass is 336 g/mol. The van der Waals surface area contributed by atoms with E-state index in [0.717, 1.165) is 6.26 Å². The van der Waals surface area contributed by atoms with Crippen molar-refractivity contribution in [1.82, 2.24) is 5.32 Å². The highest BCUT2D eigenvalue weighted by atomic mass is 32.2. The lowest BCUT2D eigenvalue weighted by molar-refractivity contribution is 0.0963. The van der Waals surface area contributed by atoms with Crippen LogP contribution in [0.2, 0.25) is 0 Å². The number of carbonyl (C=O) groups is 1. The molecule has 0 saturated heterocycles. The molecule has 0 aromatic heterocycles. The van der Waals surface area contributed by atoms with Crippen molar-refractivity contribution in [3.8, 4) is 0 Å². The number of rotatable bonds is 5. The maximum absolute atomic E-state index is 13.0. The first-order valence-corrected chi connectivity index (χ1v) is 8.70. The number of anilines is 1. The Bertz CT molecular complexity index is 787. The Morgan fingerprint density at radius 3 is 2.13 bits per heavy atom. The van der Waals surface area contributed by atoms with Crippen LogP contribution in [0.15, 0.2) is 48.5 Å². The van der Waals surface area contributed by atoms with Gasteiger partial charge in [-0.05, 0) is 42.0 Å². The number of nitrogens with zero attached hydrogens (tertiary/aromatic N) is 1. The lowest BCUT2D eigenvalue weighted by Crippen LogP contribution is -2.29. The van der Waals surface area contributed by atoms with Gasteiger partial charge in [-0.1, -0.05) is 12.1 Å². The molecule has 0 atom stereocenters. The van der Waals surface area contributed by atoms with Crippen LogP contribution < -0.4 is 9.62 Å². The molecule has 122 valence electrons. The zero-order valence-corrected chi connectivity index (χ0v) is 13.6. The average molecular weight is 336 g/mol. The summed E-state index contributed by atoms with van der Waals surface area (Å²) in [6.45, 7) is 0.0818. The van der Waals surface area contributed by atoms with Crippen molar-refractivity contribution < 1.29 is 17.6 Å². The van der Waals surface area contributed by atoms with Crippen LogP contribution in [-0.2, 0) is 16.6 Å². The number of hydrogen-bond donors (Lipinski definition) is 1. The predicted molar refractivity (Wildman–Crippen MR) is 87.3 cm³/mol. The summed E-state index contributed by atoms with van der Waals surface area (Å²) in [5.74, 6) is -0.629. The SMILES string of the molecule is CNC(=O)c1ccc(N(Cc2ccc(F)cc2)S(C)(=O)=O)cc1. The molecule has 23 heavy (non-hydrogen) atoms. The van der Waals surface area contributed by atoms with Gasteiger partial charge in [0.15, 0.2) is 0 Å². The molecule has 0 radical (unpaired) electrons. The summed E-state index contributed by atoms with van der Waals surface area (Å²) in [7, 11) is -2.00. The van der Waals surface area contributed by atoms with Gasteiger partial charge in [0.25, 0.3) is 5.91 Å². The lowest BCUT2D eigenvalue weighted by atomic mass is 10.2. The van der Waals surface area contributed by atoms with E-state index in [1.54, 1.807) is 24.3 Å². The molecule has 1 N–H and O–H groups in total. The van der Waals surface area contributed by atoms with Gasteiger partial charge in [0.05, 0.1) is 18.5 Å². The van der Waals surface area contributed by atoms with Crippen LogP contribution in [0.25, 0.3) is 0 Å². The van der Waals surface area contributed by atoms with E-state index < -0.39 is 10.0 Å². The van der Waals surface area contributed by atoms with Crippen LogP contribution in [-0.4, -0.2) is 27.6 Å². The number of amides is 1. The highest BCUT2D eigenvalue weighted by molar-refractivity contribution is 7.92. The molecule has 0 unspecified atom stereocenters. The third kappa shape index (κ3) is 4.29. The standard InChI is InChI=1S/C16H17FN2O3S/c1-18-16(20)13-5-9-15(10-6-13)19(23(2,21)22)11-12-3-7-14(17)8-4-12/h3-10H,11H2,1-2H3,(H,18,20). The van der Waals surface area contributed by atoms with Gasteiger partial charge in [0.2, 0.25) is 10.0 Å². The zero-order valence-electron chi connectivity index (χ0n) is 12.8. The Morgan fingerprint density at radius 2 is 1.65 bits per heavy atom. The highest BCUT2D eigenvalue weighted by Crippen LogP contribution is 2.21. The Kier molecular flexibility index (Phi) is 5.00. The van der Waals surface area contributed by atoms with Crippen molar-refractivity contribution in [1.29, 1.82) is 0 Å². The second kappa shape index (κ2) is 6.78. The van der Waals surface area contributed by atoms with Gasteiger partial charge in [0, 0.05) is 12.6 Å². The molecule has 1 amide bonds. The van der Waals surface area contributed by atoms with Crippen molar-refractivity contribution in [3.05, 3.63) is 65.5 Å². The fourth-order valence-electron chi connectivity index (χ4n) is 2.08. The van der Waals surface area contributed by atoms with E-state index in [1.807, 2.05) is 0 Å². The summed E-state index contributed by atoms with van der Waals surface area (Å²) in [6, 6.07) is 11.9. The molecule has 0 aliphatic carbocycles. The zero-order chi connectivity index (χ0) is 17.0. The molecule has 0 fully saturated rings. The minimum Gasteiger partial charge on any atom is -0.355 e. The summed E-state index contributed by atoms with van der Waals surface area (Å²) >= 11 is 0. The van der Waals surface area contributed by atoms with Crippen molar-refractivity contribution >= 4 is 21.6 Å². The normalized spacial score (nSPS) is 11.1. The third-order valence-electron chi connectivity index (χ3n) is 3.28. The fourth-order valence-corrected chi connectivity index (χ4v) is 2.97. The smallest absolute Gasteiger partial charge is 0.251 e. The first-order valence-electron chi connectivity index (χ1n) is 6.85. The van der Waals surface area contributed by atoms with Crippen molar-refractivity contribution in [2.24, 2.45) is 0 Å². The van der Waals surface area contributed by atoms with Gasteiger partial charge in [0.1, 0.15) is 5.82 Å². The molecule has 0 heterocycles. The van der Waals surface area contributed by atoms with E-state index in [0.29, 0.717) is 16.8 Å². The van der Waals surface area contributed by atoms with Crippen molar-refractivity contribution in [3.63, 3.8) is 0 Å². The van der Waals surface area contributed by atoms with E-state index >= 15 is 0 Å². The molecule has 2 rings (SSSR count). The predicted octanol–water partition coefficient (Wildman–Crippen LogP) is 2.15. The minimum atomic E-state index is -3.53. The van der Waals surface area contributed by atoms with Gasteiger partial charge in [-0.25, -0.2) is 12.8 Å². The number of sulfonamides is 1. The molecule has 0 saturated carbocycles. The van der Waals surface area contributed by atoms with Crippen LogP contribution in [0.5, 0.6) is 0 Å². The third-order valence-corrected chi connectivity index (χ3v) is 4.42. The van der Waals surface area contributed by atoms with Crippen LogP contribution in [0.3, 0.4) is 0 Å². The molecular weight excluding hydrogens is 319 g/mol. The fraction of sp³-hybridized carbons (Fsp3) is 0.188. The topological polar surface area (TPSA) is 66.5 Å². The van der Waals surface area contributed by atoms with Gasteiger partial charge in [-0.2, -0.15) is 0 Å². The number of halogens is 1. The Balaban J connectivity index is 2.32. The van der Waals surface area contributed by atoms with E-state index in [9.17, 15) is 17.6 Å². The summed E-state index contributed by atoms with van der Waals surface area (Å²) in [6.07, 6.45) is 1.10. The van der Waals surface area contributed by atoms with E-state index in [1.165, 1.54) is 35.6 Å². The Hall–Kier alpha value is -2.41. The summed E-state index contributed by atoms with van der Waals surface area (Å²) < 4.78 is 38.3. The molecule has 2 aromatic carbocycles. The van der Waals surface area contributed by atoms with Crippen LogP contribution in [0, 0.1) is 5.82 Å². The second-order valence-electron chi connectivity index (χ2n) is 5.02. The van der Waals surface area contributed by atoms with Gasteiger partial charge >= 0.3 is 0 Å². The number of hydrogen-bond acceptors (Lipinski definition) is 3. The summed E-state index contributed by atoms with van der Waals surface area (Å²) in [5.41, 5.74) is 1.53. The quantitative estimate of drug-likeness (QED) is 0.910. The van der Waals surface area contributed by atoms with Crippen LogP contribution in [0.1, 0.15) is 15.9 Å². The Labute approximate surface area is 134 Å². The van der Waals surface area contributed by atoms with Gasteiger partial charge in [-0.15, -0.1) is 0 Å². The first-order chi connectivity index (χ1) is 10.8. The maximum atomic E-state index is 13.0. The molecule has 0 aliphatic rings. The highest BCUT2D eigenvalue weighted by Gasteiger charge is 2.18. The lowest BCUT2D eigenvalue weighted by Gasteiger charge is -2.22. The van der Waals surface area contributed by atoms with Crippen molar-refractivity contribution in [2.45, 2.75) is 6.54 Å². The molecule has 0 aliphatic heterocycles. The molecule has 5 nitrogen and oxygen atoms in total. The number of carbonyl (C=O) groups excluding carboxylic acids is 1. The molecule has 0 bridgehead atoms. The second-order valence-corrected chi connectivity index (χ2v) is 6.93. The largest absolute Gasteiger partial charge is 0.355 e. The average Bonchev–Trinajstić information content (AvgIpc) is 2.52. The summed E-state index contributed by atoms with van der Waals surface area (Å²) in [5, 5.41) is 2.50. The number of nitrogens with one attached hydrogen (secondary N) is 1. The summed E-state index contributed by atoms with van der Waals surface area (Å²) in [4.78, 5) is 11.5. The van der Waals surface area contributed by atoms with Crippen LogP contribution in [0.4, 0.5) is 10.1 Å². The molecule has 0 spiro atoms. The molecular formula is C16H17FN2O3S. The van der Waals surface area contributed by atoms with Gasteiger partial charge in [-0.3, -0.25) is 9.10 Å². The maximum Gasteiger partial charge on any atom is 0.251 e.